The fourth-order valence-electron chi connectivity index (χ4n) is 3.72. The van der Waals surface area contributed by atoms with Gasteiger partial charge in [-0.2, -0.15) is 0 Å². The maximum Gasteiger partial charge on any atom is 0.265 e. The number of aliphatic hydroxyl groups excluding tert-OH is 1. The molecule has 1 aliphatic rings. The van der Waals surface area contributed by atoms with Gasteiger partial charge in [-0.05, 0) is 30.5 Å². The second-order valence-corrected chi connectivity index (χ2v) is 7.60. The monoisotopic (exact) mass is 447 g/mol. The molecule has 2 atom stereocenters. The molecule has 0 aliphatic carbocycles. The number of pyridine rings is 1. The van der Waals surface area contributed by atoms with Crippen molar-refractivity contribution in [3.8, 4) is 17.0 Å². The first-order valence-electron chi connectivity index (χ1n) is 9.28. The van der Waals surface area contributed by atoms with E-state index in [1.807, 2.05) is 0 Å². The number of piperidine rings is 1. The van der Waals surface area contributed by atoms with Crippen molar-refractivity contribution in [2.24, 2.45) is 5.73 Å². The predicted octanol–water partition coefficient (Wildman–Crippen LogP) is 3.70. The number of alkyl halides is 3. The summed E-state index contributed by atoms with van der Waals surface area (Å²) < 4.78 is 59.3. The van der Waals surface area contributed by atoms with Crippen LogP contribution in [0.4, 0.5) is 23.2 Å². The molecule has 1 saturated heterocycles. The first-order valence-corrected chi connectivity index (χ1v) is 9.82. The first kappa shape index (κ1) is 22.6. The van der Waals surface area contributed by atoms with Gasteiger partial charge in [0.05, 0.1) is 30.2 Å². The number of nitrogens with zero attached hydrogens (tertiary/aromatic N) is 2. The molecule has 1 aromatic carbocycles. The molecule has 1 aliphatic heterocycles. The van der Waals surface area contributed by atoms with Crippen LogP contribution in [0.3, 0.4) is 0 Å². The van der Waals surface area contributed by atoms with Gasteiger partial charge in [0.1, 0.15) is 11.9 Å². The number of ether oxygens (including phenoxy) is 1. The van der Waals surface area contributed by atoms with Crippen LogP contribution in [0.1, 0.15) is 18.4 Å². The maximum absolute atomic E-state index is 14.4. The smallest absolute Gasteiger partial charge is 0.265 e. The molecular formula is C20H22ClF4N3O2. The predicted molar refractivity (Wildman–Crippen MR) is 106 cm³/mol. The normalized spacial score (nSPS) is 20.5. The van der Waals surface area contributed by atoms with Gasteiger partial charge < -0.3 is 20.5 Å². The number of nitrogens with two attached hydrogens (primary N) is 1. The van der Waals surface area contributed by atoms with Gasteiger partial charge in [0.25, 0.3) is 6.43 Å². The Bertz CT molecular complexity index is 918. The highest BCUT2D eigenvalue weighted by atomic mass is 35.5. The van der Waals surface area contributed by atoms with Crippen LogP contribution in [-0.4, -0.2) is 48.4 Å². The molecule has 10 heteroatoms. The van der Waals surface area contributed by atoms with Gasteiger partial charge in [0, 0.05) is 30.6 Å². The van der Waals surface area contributed by atoms with E-state index in [0.29, 0.717) is 24.2 Å². The quantitative estimate of drug-likeness (QED) is 0.522. The maximum atomic E-state index is 14.4. The zero-order chi connectivity index (χ0) is 22.1. The van der Waals surface area contributed by atoms with Crippen LogP contribution in [0.5, 0.6) is 5.75 Å². The highest BCUT2D eigenvalue weighted by molar-refractivity contribution is 6.17. The van der Waals surface area contributed by atoms with Crippen molar-refractivity contribution in [3.63, 3.8) is 0 Å². The highest BCUT2D eigenvalue weighted by Gasteiger charge is 2.43. The lowest BCUT2D eigenvalue weighted by molar-refractivity contribution is -0.0529. The fourth-order valence-corrected chi connectivity index (χ4v) is 3.93. The number of rotatable bonds is 6. The number of hydrogen-bond donors (Lipinski definition) is 2. The van der Waals surface area contributed by atoms with E-state index in [1.54, 1.807) is 4.90 Å². The number of benzene rings is 1. The molecule has 0 spiro atoms. The molecule has 0 unspecified atom stereocenters. The zero-order valence-corrected chi connectivity index (χ0v) is 17.0. The third kappa shape index (κ3) is 4.33. The van der Waals surface area contributed by atoms with Crippen molar-refractivity contribution < 1.29 is 27.4 Å². The summed E-state index contributed by atoms with van der Waals surface area (Å²) in [5, 5.41) is 9.86. The van der Waals surface area contributed by atoms with E-state index in [9.17, 15) is 22.7 Å². The Balaban J connectivity index is 1.94. The van der Waals surface area contributed by atoms with Gasteiger partial charge >= 0.3 is 0 Å². The van der Waals surface area contributed by atoms with Crippen LogP contribution in [0, 0.1) is 11.6 Å². The molecule has 30 heavy (non-hydrogen) atoms. The van der Waals surface area contributed by atoms with Crippen molar-refractivity contribution in [2.75, 3.05) is 25.1 Å². The summed E-state index contributed by atoms with van der Waals surface area (Å²) in [4.78, 5) is 5.95. The van der Waals surface area contributed by atoms with Gasteiger partial charge in [-0.3, -0.25) is 4.98 Å². The molecule has 1 aromatic heterocycles. The van der Waals surface area contributed by atoms with Gasteiger partial charge in [-0.25, -0.2) is 17.6 Å². The molecule has 1 fully saturated rings. The Morgan fingerprint density at radius 2 is 2.03 bits per heavy atom. The molecule has 0 amide bonds. The van der Waals surface area contributed by atoms with Gasteiger partial charge in [-0.15, -0.1) is 11.6 Å². The molecule has 3 N–H and O–H groups in total. The van der Waals surface area contributed by atoms with E-state index in [0.717, 1.165) is 12.1 Å². The van der Waals surface area contributed by atoms with Crippen LogP contribution in [-0.2, 0) is 5.88 Å². The van der Waals surface area contributed by atoms with Gasteiger partial charge in [0.15, 0.2) is 11.6 Å². The van der Waals surface area contributed by atoms with Crippen LogP contribution >= 0.6 is 11.6 Å². The molecule has 0 bridgehead atoms. The van der Waals surface area contributed by atoms with Crippen molar-refractivity contribution in [3.05, 3.63) is 41.6 Å². The standard InChI is InChI=1S/C20H22ClF4N3O2/c1-30-17-7-13(22)12(6-14(17)23)15-5-11(8-21)16(9-27-15)28-4-2-3-20(26,10-28)18(29)19(24)25/h5-7,9,18-19,29H,2-4,8,10,26H2,1H3/t18-,20-/m1/s1. The average Bonchev–Trinajstić information content (AvgIpc) is 2.73. The van der Waals surface area contributed by atoms with Crippen molar-refractivity contribution in [2.45, 2.75) is 36.8 Å². The van der Waals surface area contributed by atoms with Crippen molar-refractivity contribution >= 4 is 17.3 Å². The largest absolute Gasteiger partial charge is 0.494 e. The van der Waals surface area contributed by atoms with E-state index < -0.39 is 29.7 Å². The number of aliphatic hydroxyl groups is 1. The minimum absolute atomic E-state index is 0.0189. The molecule has 0 saturated carbocycles. The Labute approximate surface area is 176 Å². The summed E-state index contributed by atoms with van der Waals surface area (Å²) in [5.41, 5.74) is 5.78. The summed E-state index contributed by atoms with van der Waals surface area (Å²) in [5.74, 6) is -1.66. The summed E-state index contributed by atoms with van der Waals surface area (Å²) in [6.45, 7) is 0.486. The third-order valence-electron chi connectivity index (χ3n) is 5.35. The fraction of sp³-hybridized carbons (Fsp3) is 0.450. The average molecular weight is 448 g/mol. The van der Waals surface area contributed by atoms with E-state index in [1.165, 1.54) is 19.4 Å². The molecule has 2 heterocycles. The lowest BCUT2D eigenvalue weighted by Crippen LogP contribution is -2.63. The molecule has 2 aromatic rings. The highest BCUT2D eigenvalue weighted by Crippen LogP contribution is 2.34. The minimum atomic E-state index is -2.96. The lowest BCUT2D eigenvalue weighted by Gasteiger charge is -2.44. The SMILES string of the molecule is COc1cc(F)c(-c2cc(CCl)c(N3CCC[C@](N)([C@H](O)C(F)F)C3)cn2)cc1F. The number of halogens is 5. The molecule has 5 nitrogen and oxygen atoms in total. The Kier molecular flexibility index (Phi) is 6.74. The minimum Gasteiger partial charge on any atom is -0.494 e. The van der Waals surface area contributed by atoms with E-state index in [-0.39, 0.29) is 35.9 Å². The number of hydrogen-bond acceptors (Lipinski definition) is 5. The van der Waals surface area contributed by atoms with Gasteiger partial charge in [0.2, 0.25) is 0 Å². The number of methoxy groups -OCH3 is 1. The third-order valence-corrected chi connectivity index (χ3v) is 5.64. The Morgan fingerprint density at radius 1 is 1.30 bits per heavy atom. The van der Waals surface area contributed by atoms with Crippen LogP contribution < -0.4 is 15.4 Å². The summed E-state index contributed by atoms with van der Waals surface area (Å²) in [6, 6.07) is 3.43. The molecular weight excluding hydrogens is 426 g/mol. The van der Waals surface area contributed by atoms with Crippen molar-refractivity contribution in [1.82, 2.24) is 4.98 Å². The second-order valence-electron chi connectivity index (χ2n) is 7.34. The van der Waals surface area contributed by atoms with Gasteiger partial charge in [-0.1, -0.05) is 0 Å². The second kappa shape index (κ2) is 8.95. The van der Waals surface area contributed by atoms with Crippen LogP contribution in [0.25, 0.3) is 11.3 Å². The topological polar surface area (TPSA) is 71.6 Å². The Morgan fingerprint density at radius 3 is 2.67 bits per heavy atom. The number of aromatic nitrogens is 1. The molecule has 164 valence electrons. The van der Waals surface area contributed by atoms with Crippen LogP contribution in [0.15, 0.2) is 24.4 Å². The summed E-state index contributed by atoms with van der Waals surface area (Å²) in [6.07, 6.45) is -2.77. The summed E-state index contributed by atoms with van der Waals surface area (Å²) in [7, 11) is 1.23. The first-order chi connectivity index (χ1) is 14.2. The lowest BCUT2D eigenvalue weighted by atomic mass is 9.84. The summed E-state index contributed by atoms with van der Waals surface area (Å²) >= 11 is 6.07. The van der Waals surface area contributed by atoms with Crippen LogP contribution in [0.2, 0.25) is 0 Å². The number of anilines is 1. The van der Waals surface area contributed by atoms with E-state index in [4.69, 9.17) is 22.1 Å². The van der Waals surface area contributed by atoms with Crippen molar-refractivity contribution in [1.29, 1.82) is 0 Å². The molecule has 0 radical (unpaired) electrons. The van der Waals surface area contributed by atoms with E-state index in [2.05, 4.69) is 4.98 Å². The van der Waals surface area contributed by atoms with E-state index >= 15 is 0 Å². The molecule has 3 rings (SSSR count). The Hall–Kier alpha value is -2.10. The zero-order valence-electron chi connectivity index (χ0n) is 16.2.